The van der Waals surface area contributed by atoms with Crippen LogP contribution in [0.1, 0.15) is 34.5 Å². The molecule has 1 aromatic heterocycles. The van der Waals surface area contributed by atoms with Crippen LogP contribution in [0.2, 0.25) is 0 Å². The molecule has 0 radical (unpaired) electrons. The first-order valence-corrected chi connectivity index (χ1v) is 13.8. The van der Waals surface area contributed by atoms with Gasteiger partial charge in [0.15, 0.2) is 0 Å². The van der Waals surface area contributed by atoms with Gasteiger partial charge in [-0.2, -0.15) is 0 Å². The Morgan fingerprint density at radius 1 is 1.05 bits per heavy atom. The summed E-state index contributed by atoms with van der Waals surface area (Å²) in [7, 11) is 0. The topological polar surface area (TPSA) is 81.0 Å². The predicted molar refractivity (Wildman–Crippen MR) is 151 cm³/mol. The fourth-order valence-corrected chi connectivity index (χ4v) is 5.52. The van der Waals surface area contributed by atoms with Gasteiger partial charge in [-0.25, -0.2) is 4.79 Å². The molecule has 5 rings (SSSR count). The first-order valence-electron chi connectivity index (χ1n) is 12.6. The van der Waals surface area contributed by atoms with Crippen molar-refractivity contribution in [3.8, 4) is 11.3 Å². The highest BCUT2D eigenvalue weighted by Gasteiger charge is 2.32. The number of hydrogen-bond donors (Lipinski definition) is 1. The van der Waals surface area contributed by atoms with E-state index in [4.69, 9.17) is 26.1 Å². The summed E-state index contributed by atoms with van der Waals surface area (Å²) in [4.78, 5) is 27.4. The zero-order valence-corrected chi connectivity index (χ0v) is 22.4. The molecule has 0 atom stereocenters. The summed E-state index contributed by atoms with van der Waals surface area (Å²) >= 11 is 6.71. The van der Waals surface area contributed by atoms with Crippen molar-refractivity contribution >= 4 is 46.3 Å². The van der Waals surface area contributed by atoms with Crippen LogP contribution in [0.3, 0.4) is 0 Å². The molecule has 7 nitrogen and oxygen atoms in total. The second-order valence-electron chi connectivity index (χ2n) is 8.99. The number of esters is 1. The predicted octanol–water partition coefficient (Wildman–Crippen LogP) is 5.27. The van der Waals surface area contributed by atoms with Crippen molar-refractivity contribution in [2.24, 2.45) is 0 Å². The Bertz CT molecular complexity index is 1310. The van der Waals surface area contributed by atoms with E-state index in [9.17, 15) is 9.59 Å². The molecular weight excluding hydrogens is 520 g/mol. The van der Waals surface area contributed by atoms with Gasteiger partial charge in [0, 0.05) is 11.6 Å². The van der Waals surface area contributed by atoms with Gasteiger partial charge in [-0.05, 0) is 55.8 Å². The highest BCUT2D eigenvalue weighted by atomic mass is 32.2. The van der Waals surface area contributed by atoms with E-state index in [0.29, 0.717) is 39.5 Å². The van der Waals surface area contributed by atoms with E-state index in [-0.39, 0.29) is 24.6 Å². The van der Waals surface area contributed by atoms with Crippen molar-refractivity contribution in [3.05, 3.63) is 88.5 Å². The first-order chi connectivity index (χ1) is 18.6. The summed E-state index contributed by atoms with van der Waals surface area (Å²) < 4.78 is 17.6. The minimum atomic E-state index is -0.386. The average molecular weight is 549 g/mol. The Hall–Kier alpha value is -3.24. The zero-order chi connectivity index (χ0) is 26.3. The van der Waals surface area contributed by atoms with Gasteiger partial charge in [-0.1, -0.05) is 66.4 Å². The fourth-order valence-electron chi connectivity index (χ4n) is 4.28. The molecule has 9 heteroatoms. The van der Waals surface area contributed by atoms with E-state index in [1.807, 2.05) is 54.6 Å². The third-order valence-electron chi connectivity index (χ3n) is 6.32. The molecule has 2 aromatic carbocycles. The minimum Gasteiger partial charge on any atom is -0.460 e. The molecule has 2 fully saturated rings. The highest BCUT2D eigenvalue weighted by Crippen LogP contribution is 2.34. The number of carbonyl (C=O) groups excluding carboxylic acids is 2. The number of benzene rings is 2. The van der Waals surface area contributed by atoms with Crippen molar-refractivity contribution in [2.75, 3.05) is 26.3 Å². The van der Waals surface area contributed by atoms with Crippen LogP contribution in [-0.4, -0.2) is 53.5 Å². The van der Waals surface area contributed by atoms with Crippen molar-refractivity contribution in [1.29, 1.82) is 0 Å². The fraction of sp³-hybridized carbons (Fsp3) is 0.276. The molecule has 1 amide bonds. The maximum atomic E-state index is 12.9. The summed E-state index contributed by atoms with van der Waals surface area (Å²) in [6, 6.07) is 20.4. The molecule has 0 aliphatic carbocycles. The highest BCUT2D eigenvalue weighted by molar-refractivity contribution is 8.26. The van der Waals surface area contributed by atoms with Crippen LogP contribution in [-0.2, 0) is 20.8 Å². The lowest BCUT2D eigenvalue weighted by Gasteiger charge is -2.22. The Balaban J connectivity index is 1.15. The molecule has 38 heavy (non-hydrogen) atoms. The van der Waals surface area contributed by atoms with Crippen molar-refractivity contribution < 1.29 is 23.5 Å². The molecule has 0 unspecified atom stereocenters. The van der Waals surface area contributed by atoms with E-state index in [2.05, 4.69) is 5.32 Å². The van der Waals surface area contributed by atoms with Crippen LogP contribution in [0, 0.1) is 0 Å². The van der Waals surface area contributed by atoms with Crippen LogP contribution < -0.4 is 5.32 Å². The van der Waals surface area contributed by atoms with Gasteiger partial charge in [0.1, 0.15) is 22.4 Å². The summed E-state index contributed by atoms with van der Waals surface area (Å²) in [5.41, 5.74) is 2.29. The Kier molecular flexibility index (Phi) is 8.70. The first kappa shape index (κ1) is 26.4. The van der Waals surface area contributed by atoms with E-state index < -0.39 is 0 Å². The second-order valence-corrected chi connectivity index (χ2v) is 10.7. The summed E-state index contributed by atoms with van der Waals surface area (Å²) in [5, 5.41) is 3.30. The van der Waals surface area contributed by atoms with Crippen LogP contribution in [0.4, 0.5) is 0 Å². The van der Waals surface area contributed by atoms with E-state index in [1.54, 1.807) is 23.1 Å². The maximum absolute atomic E-state index is 12.9. The van der Waals surface area contributed by atoms with Gasteiger partial charge in [0.05, 0.1) is 29.7 Å². The van der Waals surface area contributed by atoms with Crippen molar-refractivity contribution in [2.45, 2.75) is 25.5 Å². The number of carbonyl (C=O) groups is 2. The van der Waals surface area contributed by atoms with Gasteiger partial charge >= 0.3 is 5.97 Å². The Morgan fingerprint density at radius 3 is 2.58 bits per heavy atom. The number of thioether (sulfide) groups is 1. The van der Waals surface area contributed by atoms with Crippen molar-refractivity contribution in [3.63, 3.8) is 0 Å². The number of nitrogens with zero attached hydrogens (tertiary/aromatic N) is 1. The molecule has 196 valence electrons. The Labute approximate surface area is 231 Å². The number of piperidine rings is 1. The minimum absolute atomic E-state index is 0.134. The molecule has 3 aromatic rings. The van der Waals surface area contributed by atoms with Crippen molar-refractivity contribution in [1.82, 2.24) is 10.2 Å². The average Bonchev–Trinajstić information content (AvgIpc) is 3.52. The molecule has 0 saturated carbocycles. The summed E-state index contributed by atoms with van der Waals surface area (Å²) in [6.07, 6.45) is 3.91. The second kappa shape index (κ2) is 12.5. The number of rotatable bonds is 9. The molecule has 1 N–H and O–H groups in total. The van der Waals surface area contributed by atoms with Gasteiger partial charge in [-0.15, -0.1) is 0 Å². The van der Waals surface area contributed by atoms with Gasteiger partial charge in [-0.3, -0.25) is 9.69 Å². The molecule has 2 saturated heterocycles. The van der Waals surface area contributed by atoms with Gasteiger partial charge < -0.3 is 19.2 Å². The molecule has 2 aliphatic rings. The van der Waals surface area contributed by atoms with Gasteiger partial charge in [0.2, 0.25) is 0 Å². The molecular formula is C29H28N2O5S2. The molecule has 0 bridgehead atoms. The summed E-state index contributed by atoms with van der Waals surface area (Å²) in [5.74, 6) is 0.665. The summed E-state index contributed by atoms with van der Waals surface area (Å²) in [6.45, 7) is 2.98. The lowest BCUT2D eigenvalue weighted by molar-refractivity contribution is -0.122. The SMILES string of the molecule is O=C(OCCOC1CCNCC1)c1ccc(-c2ccc(/C=C3/SC(=S)N(Cc4ccccc4)C3=O)o2)cc1. The van der Waals surface area contributed by atoms with Crippen LogP contribution in [0.15, 0.2) is 76.1 Å². The monoisotopic (exact) mass is 548 g/mol. The standard InChI is InChI=1S/C29H28N2O5S2/c32-27-26(38-29(37)31(27)19-20-4-2-1-3-5-20)18-24-10-11-25(36-24)21-6-8-22(9-7-21)28(33)35-17-16-34-23-12-14-30-15-13-23/h1-11,18,23,30H,12-17,19H2/b26-18+. The smallest absolute Gasteiger partial charge is 0.338 e. The zero-order valence-electron chi connectivity index (χ0n) is 20.8. The molecule has 3 heterocycles. The maximum Gasteiger partial charge on any atom is 0.338 e. The van der Waals surface area contributed by atoms with Crippen LogP contribution in [0.25, 0.3) is 17.4 Å². The van der Waals surface area contributed by atoms with Gasteiger partial charge in [0.25, 0.3) is 5.91 Å². The number of thiocarbonyl (C=S) groups is 1. The quantitative estimate of drug-likeness (QED) is 0.168. The van der Waals surface area contributed by atoms with E-state index in [1.165, 1.54) is 11.8 Å². The molecule has 2 aliphatic heterocycles. The number of furan rings is 1. The Morgan fingerprint density at radius 2 is 1.82 bits per heavy atom. The van der Waals surface area contributed by atoms with E-state index >= 15 is 0 Å². The lowest BCUT2D eigenvalue weighted by atomic mass is 10.1. The van der Waals surface area contributed by atoms with E-state index in [0.717, 1.165) is 37.1 Å². The lowest BCUT2D eigenvalue weighted by Crippen LogP contribution is -2.33. The number of ether oxygens (including phenoxy) is 2. The number of hydrogen-bond acceptors (Lipinski definition) is 8. The van der Waals surface area contributed by atoms with Crippen LogP contribution in [0.5, 0.6) is 0 Å². The molecule has 0 spiro atoms. The third-order valence-corrected chi connectivity index (χ3v) is 7.70. The number of amides is 1. The largest absolute Gasteiger partial charge is 0.460 e. The third kappa shape index (κ3) is 6.60. The van der Waals surface area contributed by atoms with Crippen LogP contribution >= 0.6 is 24.0 Å². The number of nitrogens with one attached hydrogen (secondary N) is 1. The normalized spacial score (nSPS) is 17.4.